The molecule has 11 heteroatoms. The van der Waals surface area contributed by atoms with Gasteiger partial charge in [-0.15, -0.1) is 0 Å². The van der Waals surface area contributed by atoms with Gasteiger partial charge in [0.1, 0.15) is 0 Å². The molecule has 0 aliphatic rings. The van der Waals surface area contributed by atoms with Gasteiger partial charge in [-0.05, 0) is 105 Å². The zero-order valence-corrected chi connectivity index (χ0v) is 23.1. The fourth-order valence-electron chi connectivity index (χ4n) is 2.35. The van der Waals surface area contributed by atoms with E-state index < -0.39 is 22.2 Å². The molecule has 0 amide bonds. The Morgan fingerprint density at radius 3 is 1.07 bits per heavy atom. The molecule has 0 spiro atoms. The highest BCUT2D eigenvalue weighted by Crippen LogP contribution is 2.72. The molecular weight excluding hydrogens is 397 g/mol. The van der Waals surface area contributed by atoms with Gasteiger partial charge >= 0.3 is 0 Å². The minimum absolute atomic E-state index is 0.202. The van der Waals surface area contributed by atoms with Crippen molar-refractivity contribution in [3.8, 4) is 0 Å². The Morgan fingerprint density at radius 2 is 0.852 bits per heavy atom. The average molecular weight is 443 g/mol. The first-order chi connectivity index (χ1) is 11.8. The normalized spacial score (nSPS) is 14.7. The Kier molecular flexibility index (Phi) is 9.71. The molecular formula is C16H45N8P3. The van der Waals surface area contributed by atoms with Crippen LogP contribution in [0.5, 0.6) is 0 Å². The van der Waals surface area contributed by atoms with E-state index in [4.69, 9.17) is 13.8 Å². The van der Waals surface area contributed by atoms with Gasteiger partial charge in [-0.2, -0.15) is 4.52 Å². The molecule has 0 radical (unpaired) electrons. The van der Waals surface area contributed by atoms with Crippen LogP contribution in [0.2, 0.25) is 0 Å². The van der Waals surface area contributed by atoms with E-state index in [0.717, 1.165) is 0 Å². The second-order valence-electron chi connectivity index (χ2n) is 9.10. The van der Waals surface area contributed by atoms with Crippen molar-refractivity contribution < 1.29 is 0 Å². The molecule has 0 N–H and O–H groups in total. The number of hydrogen-bond donors (Lipinski definition) is 0. The van der Waals surface area contributed by atoms with E-state index in [-0.39, 0.29) is 5.54 Å². The van der Waals surface area contributed by atoms with E-state index in [2.05, 4.69) is 128 Å². The molecule has 27 heavy (non-hydrogen) atoms. The summed E-state index contributed by atoms with van der Waals surface area (Å²) < 4.78 is 27.4. The summed E-state index contributed by atoms with van der Waals surface area (Å²) in [6.07, 6.45) is 0. The zero-order chi connectivity index (χ0) is 22.0. The third-order valence-electron chi connectivity index (χ3n) is 4.14. The predicted molar refractivity (Wildman–Crippen MR) is 128 cm³/mol. The van der Waals surface area contributed by atoms with Crippen molar-refractivity contribution in [2.24, 2.45) is 13.8 Å². The summed E-state index contributed by atoms with van der Waals surface area (Å²) in [6.45, 7) is 10.9. The Labute approximate surface area is 169 Å². The van der Waals surface area contributed by atoms with Crippen molar-refractivity contribution in [3.63, 3.8) is 0 Å². The monoisotopic (exact) mass is 442 g/mol. The molecule has 8 nitrogen and oxygen atoms in total. The van der Waals surface area contributed by atoms with Gasteiger partial charge in [0.25, 0.3) is 0 Å². The molecule has 0 bridgehead atoms. The predicted octanol–water partition coefficient (Wildman–Crippen LogP) is 4.86. The fourth-order valence-corrected chi connectivity index (χ4v) is 13.7. The van der Waals surface area contributed by atoms with Crippen LogP contribution >= 0.6 is 22.2 Å². The molecule has 0 fully saturated rings. The largest absolute Gasteiger partial charge is 0.276 e. The van der Waals surface area contributed by atoms with Crippen LogP contribution in [0.3, 0.4) is 0 Å². The van der Waals surface area contributed by atoms with Crippen molar-refractivity contribution >= 4 is 22.2 Å². The van der Waals surface area contributed by atoms with Crippen molar-refractivity contribution in [1.82, 2.24) is 23.4 Å². The highest BCUT2D eigenvalue weighted by atomic mass is 31.2. The molecule has 0 atom stereocenters. The summed E-state index contributed by atoms with van der Waals surface area (Å²) in [4.78, 5) is 0. The Bertz CT molecular complexity index is 627. The van der Waals surface area contributed by atoms with Crippen LogP contribution in [-0.4, -0.2) is 113 Å². The van der Waals surface area contributed by atoms with Gasteiger partial charge in [0.2, 0.25) is 15.0 Å². The lowest BCUT2D eigenvalue weighted by molar-refractivity contribution is 0.519. The van der Waals surface area contributed by atoms with Gasteiger partial charge in [0.05, 0.1) is 5.54 Å². The maximum atomic E-state index is 5.58. The molecule has 0 aliphatic heterocycles. The average Bonchev–Trinajstić information content (AvgIpc) is 2.42. The van der Waals surface area contributed by atoms with Crippen molar-refractivity contribution in [3.05, 3.63) is 0 Å². The highest BCUT2D eigenvalue weighted by molar-refractivity contribution is 7.77. The Morgan fingerprint density at radius 1 is 0.519 bits per heavy atom. The van der Waals surface area contributed by atoms with E-state index in [9.17, 15) is 0 Å². The molecule has 0 heterocycles. The van der Waals surface area contributed by atoms with E-state index in [0.29, 0.717) is 0 Å². The van der Waals surface area contributed by atoms with E-state index in [1.54, 1.807) is 0 Å². The molecule has 0 unspecified atom stereocenters. The van der Waals surface area contributed by atoms with E-state index in [1.807, 2.05) is 0 Å². The highest BCUT2D eigenvalue weighted by Gasteiger charge is 2.36. The Balaban J connectivity index is 7.55. The first-order valence-corrected chi connectivity index (χ1v) is 14.9. The summed E-state index contributed by atoms with van der Waals surface area (Å²) in [5.41, 5.74) is -0.202. The molecule has 164 valence electrons. The van der Waals surface area contributed by atoms with Crippen molar-refractivity contribution in [2.75, 3.05) is 83.8 Å². The van der Waals surface area contributed by atoms with Crippen LogP contribution in [0, 0.1) is 0 Å². The zero-order valence-electron chi connectivity index (χ0n) is 20.4. The van der Waals surface area contributed by atoms with E-state index >= 15 is 0 Å². The molecule has 0 saturated heterocycles. The third-order valence-corrected chi connectivity index (χ3v) is 15.9. The van der Waals surface area contributed by atoms with Crippen LogP contribution in [0.15, 0.2) is 13.8 Å². The summed E-state index contributed by atoms with van der Waals surface area (Å²) in [6, 6.07) is 0. The summed E-state index contributed by atoms with van der Waals surface area (Å²) in [5.74, 6) is 0. The lowest BCUT2D eigenvalue weighted by Crippen LogP contribution is -2.26. The molecule has 0 aliphatic carbocycles. The summed E-state index contributed by atoms with van der Waals surface area (Å²) in [7, 11) is 14.6. The minimum atomic E-state index is -2.33. The number of nitrogens with zero attached hydrogens (tertiary/aromatic N) is 8. The second-order valence-corrected chi connectivity index (χ2v) is 19.5. The minimum Gasteiger partial charge on any atom is -0.276 e. The first-order valence-electron chi connectivity index (χ1n) is 9.09. The summed E-state index contributed by atoms with van der Waals surface area (Å²) >= 11 is 0. The van der Waals surface area contributed by atoms with Crippen LogP contribution < -0.4 is 0 Å². The maximum Gasteiger partial charge on any atom is 0.217 e. The molecule has 0 aromatic carbocycles. The van der Waals surface area contributed by atoms with Crippen LogP contribution in [-0.2, 0) is 0 Å². The Hall–Kier alpha value is 0.490. The van der Waals surface area contributed by atoms with Gasteiger partial charge in [-0.1, -0.05) is 0 Å². The van der Waals surface area contributed by atoms with E-state index in [1.165, 1.54) is 0 Å². The SMILES string of the molecule is CN(C)P(C)(C)=NP(=NP(=NC(C)(C)C)(N(C)C)N(C)C)(N(C)C)N(C)C. The summed E-state index contributed by atoms with van der Waals surface area (Å²) in [5, 5.41) is 0. The van der Waals surface area contributed by atoms with Crippen LogP contribution in [0.25, 0.3) is 0 Å². The van der Waals surface area contributed by atoms with Gasteiger partial charge in [-0.25, -0.2) is 27.9 Å². The van der Waals surface area contributed by atoms with Crippen LogP contribution in [0.4, 0.5) is 0 Å². The number of rotatable bonds is 7. The lowest BCUT2D eigenvalue weighted by atomic mass is 10.1. The molecule has 0 aromatic heterocycles. The van der Waals surface area contributed by atoms with Gasteiger partial charge in [-0.3, -0.25) is 4.67 Å². The van der Waals surface area contributed by atoms with Crippen LogP contribution in [0.1, 0.15) is 20.8 Å². The molecule has 0 rings (SSSR count). The van der Waals surface area contributed by atoms with Gasteiger partial charge < -0.3 is 0 Å². The topological polar surface area (TPSA) is 53.3 Å². The van der Waals surface area contributed by atoms with Gasteiger partial charge in [0.15, 0.2) is 0 Å². The standard InChI is InChI=1S/C16H45N8P3/c1-16(2,3)17-26(21(6)7,22(8)9)19-27(23(10)11,24(12)13)18-25(14,15)20(4)5/h1-15H3. The van der Waals surface area contributed by atoms with Crippen molar-refractivity contribution in [2.45, 2.75) is 26.3 Å². The second kappa shape index (κ2) is 9.53. The third kappa shape index (κ3) is 6.76. The number of hydrogen-bond acceptors (Lipinski definition) is 1. The fraction of sp³-hybridized carbons (Fsp3) is 1.00. The lowest BCUT2D eigenvalue weighted by Gasteiger charge is -2.42. The molecule has 0 saturated carbocycles. The first kappa shape index (κ1) is 27.5. The smallest absolute Gasteiger partial charge is 0.217 e. The van der Waals surface area contributed by atoms with Gasteiger partial charge in [0, 0.05) is 7.21 Å². The van der Waals surface area contributed by atoms with Crippen molar-refractivity contribution in [1.29, 1.82) is 0 Å². The quantitative estimate of drug-likeness (QED) is 0.527. The molecule has 0 aromatic rings. The maximum absolute atomic E-state index is 5.58.